The molecule has 11 aromatic rings. The molecule has 0 amide bonds. The van der Waals surface area contributed by atoms with E-state index >= 15 is 0 Å². The van der Waals surface area contributed by atoms with E-state index in [0.717, 1.165) is 50.4 Å². The lowest BCUT2D eigenvalue weighted by Gasteiger charge is -2.12. The highest BCUT2D eigenvalue weighted by molar-refractivity contribution is 6.20. The van der Waals surface area contributed by atoms with Crippen molar-refractivity contribution in [1.29, 1.82) is 0 Å². The molecule has 0 atom stereocenters. The number of aromatic nitrogens is 4. The van der Waals surface area contributed by atoms with Crippen LogP contribution in [-0.4, -0.2) is 19.1 Å². The Hall–Kier alpha value is -7.04. The molecule has 1 aliphatic rings. The molecule has 4 heteroatoms. The van der Waals surface area contributed by atoms with Crippen LogP contribution in [0.25, 0.3) is 110 Å². The second-order valence-electron chi connectivity index (χ2n) is 13.8. The van der Waals surface area contributed by atoms with Gasteiger partial charge in [-0.15, -0.1) is 0 Å². The van der Waals surface area contributed by atoms with Gasteiger partial charge >= 0.3 is 0 Å². The summed E-state index contributed by atoms with van der Waals surface area (Å²) in [5.74, 6) is 0.866. The highest BCUT2D eigenvalue weighted by Gasteiger charge is 2.27. The number of rotatable bonds is 2. The quantitative estimate of drug-likeness (QED) is 0.185. The van der Waals surface area contributed by atoms with Gasteiger partial charge in [0.15, 0.2) is 5.82 Å². The lowest BCUT2D eigenvalue weighted by atomic mass is 9.92. The van der Waals surface area contributed by atoms with E-state index in [4.69, 9.17) is 9.97 Å². The largest absolute Gasteiger partial charge is 0.309 e. The molecule has 0 aliphatic carbocycles. The number of para-hydroxylation sites is 4. The van der Waals surface area contributed by atoms with E-state index in [1.54, 1.807) is 0 Å². The fourth-order valence-corrected chi connectivity index (χ4v) is 8.74. The minimum Gasteiger partial charge on any atom is -0.309 e. The Morgan fingerprint density at radius 1 is 0.365 bits per heavy atom. The van der Waals surface area contributed by atoms with Crippen LogP contribution in [0, 0.1) is 0 Å². The molecule has 0 radical (unpaired) electrons. The third-order valence-electron chi connectivity index (χ3n) is 11.0. The van der Waals surface area contributed by atoms with Crippen molar-refractivity contribution in [2.24, 2.45) is 0 Å². The predicted molar refractivity (Wildman–Crippen MR) is 216 cm³/mol. The summed E-state index contributed by atoms with van der Waals surface area (Å²) >= 11 is 0. The second-order valence-corrected chi connectivity index (χ2v) is 13.8. The number of fused-ring (bicyclic) bond motifs is 14. The highest BCUT2D eigenvalue weighted by Crippen LogP contribution is 2.48. The fraction of sp³-hybridized carbons (Fsp3) is 0. The maximum Gasteiger partial charge on any atom is 0.165 e. The van der Waals surface area contributed by atoms with E-state index < -0.39 is 0 Å². The van der Waals surface area contributed by atoms with E-state index in [1.807, 2.05) is 12.1 Å². The number of hydrogen-bond donors (Lipinski definition) is 0. The summed E-state index contributed by atoms with van der Waals surface area (Å²) in [6.07, 6.45) is 0. The van der Waals surface area contributed by atoms with Crippen LogP contribution >= 0.6 is 0 Å². The minimum atomic E-state index is 0.866. The molecule has 52 heavy (non-hydrogen) atoms. The molecule has 240 valence electrons. The second kappa shape index (κ2) is 10.3. The van der Waals surface area contributed by atoms with Crippen molar-refractivity contribution in [3.8, 4) is 45.0 Å². The summed E-state index contributed by atoms with van der Waals surface area (Å²) in [5, 5.41) is 7.40. The lowest BCUT2D eigenvalue weighted by Crippen LogP contribution is -2.02. The zero-order chi connectivity index (χ0) is 33.9. The Balaban J connectivity index is 1.20. The van der Waals surface area contributed by atoms with Crippen LogP contribution in [0.1, 0.15) is 0 Å². The van der Waals surface area contributed by atoms with Gasteiger partial charge in [0.2, 0.25) is 0 Å². The van der Waals surface area contributed by atoms with Crippen LogP contribution in [0.4, 0.5) is 0 Å². The topological polar surface area (TPSA) is 35.6 Å². The van der Waals surface area contributed by atoms with Crippen molar-refractivity contribution in [3.05, 3.63) is 170 Å². The van der Waals surface area contributed by atoms with Crippen LogP contribution in [0.15, 0.2) is 170 Å². The molecular weight excluding hydrogens is 633 g/mol. The van der Waals surface area contributed by atoms with Crippen LogP contribution in [0.5, 0.6) is 0 Å². The van der Waals surface area contributed by atoms with Crippen molar-refractivity contribution < 1.29 is 0 Å². The molecule has 1 aliphatic heterocycles. The molecule has 0 bridgehead atoms. The van der Waals surface area contributed by atoms with Crippen molar-refractivity contribution >= 4 is 65.4 Å². The van der Waals surface area contributed by atoms with Gasteiger partial charge in [0.05, 0.1) is 33.1 Å². The summed E-state index contributed by atoms with van der Waals surface area (Å²) in [4.78, 5) is 10.6. The maximum atomic E-state index is 5.31. The van der Waals surface area contributed by atoms with E-state index in [9.17, 15) is 0 Å². The Morgan fingerprint density at radius 2 is 1.06 bits per heavy atom. The molecule has 8 aromatic carbocycles. The molecular formula is C48H28N4. The fourth-order valence-electron chi connectivity index (χ4n) is 8.74. The average Bonchev–Trinajstić information content (AvgIpc) is 3.69. The van der Waals surface area contributed by atoms with Gasteiger partial charge in [-0.3, -0.25) is 4.57 Å². The Kier molecular flexibility index (Phi) is 5.47. The van der Waals surface area contributed by atoms with Crippen LogP contribution in [0.3, 0.4) is 0 Å². The summed E-state index contributed by atoms with van der Waals surface area (Å²) in [7, 11) is 0. The van der Waals surface area contributed by atoms with Crippen molar-refractivity contribution in [2.45, 2.75) is 0 Å². The molecule has 0 saturated carbocycles. The first-order valence-electron chi connectivity index (χ1n) is 17.8. The van der Waals surface area contributed by atoms with Crippen molar-refractivity contribution in [3.63, 3.8) is 0 Å². The van der Waals surface area contributed by atoms with Gasteiger partial charge in [-0.05, 0) is 70.6 Å². The predicted octanol–water partition coefficient (Wildman–Crippen LogP) is 12.3. The highest BCUT2D eigenvalue weighted by atomic mass is 15.1. The summed E-state index contributed by atoms with van der Waals surface area (Å²) in [6.45, 7) is 0. The third-order valence-corrected chi connectivity index (χ3v) is 11.0. The summed E-state index contributed by atoms with van der Waals surface area (Å²) in [6, 6.07) is 61.4. The van der Waals surface area contributed by atoms with E-state index in [0.29, 0.717) is 0 Å². The third kappa shape index (κ3) is 3.70. The van der Waals surface area contributed by atoms with Gasteiger partial charge in [0, 0.05) is 43.7 Å². The summed E-state index contributed by atoms with van der Waals surface area (Å²) < 4.78 is 4.80. The molecule has 0 saturated heterocycles. The smallest absolute Gasteiger partial charge is 0.165 e. The Morgan fingerprint density at radius 3 is 1.94 bits per heavy atom. The Labute approximate surface area is 298 Å². The zero-order valence-corrected chi connectivity index (χ0v) is 28.0. The van der Waals surface area contributed by atoms with Crippen LogP contribution in [0.2, 0.25) is 0 Å². The molecule has 0 spiro atoms. The monoisotopic (exact) mass is 660 g/mol. The summed E-state index contributed by atoms with van der Waals surface area (Å²) in [5.41, 5.74) is 14.3. The van der Waals surface area contributed by atoms with Gasteiger partial charge in [-0.2, -0.15) is 0 Å². The van der Waals surface area contributed by atoms with Crippen LogP contribution in [-0.2, 0) is 0 Å². The van der Waals surface area contributed by atoms with Gasteiger partial charge in [0.1, 0.15) is 5.69 Å². The lowest BCUT2D eigenvalue weighted by molar-refractivity contribution is 1.09. The SMILES string of the molecule is c1ccc(-n2c3cc(-c4cc5c6c(c4)c4ccccc4n6-c4nc6ccccc6nc4-c4ccccc4-5)ccc3c3ccc4ccccc4c32)cc1. The van der Waals surface area contributed by atoms with Gasteiger partial charge in [-0.25, -0.2) is 9.97 Å². The number of nitrogens with zero attached hydrogens (tertiary/aromatic N) is 4. The Bertz CT molecular complexity index is 3290. The minimum absolute atomic E-state index is 0.866. The zero-order valence-electron chi connectivity index (χ0n) is 28.0. The number of hydrogen-bond acceptors (Lipinski definition) is 2. The molecule has 12 rings (SSSR count). The van der Waals surface area contributed by atoms with Gasteiger partial charge in [-0.1, -0.05) is 121 Å². The molecule has 4 heterocycles. The maximum absolute atomic E-state index is 5.31. The molecule has 0 unspecified atom stereocenters. The normalized spacial score (nSPS) is 12.2. The van der Waals surface area contributed by atoms with Crippen molar-refractivity contribution in [2.75, 3.05) is 0 Å². The van der Waals surface area contributed by atoms with E-state index in [2.05, 4.69) is 167 Å². The first-order valence-corrected chi connectivity index (χ1v) is 17.8. The van der Waals surface area contributed by atoms with Crippen LogP contribution < -0.4 is 0 Å². The molecule has 4 nitrogen and oxygen atoms in total. The van der Waals surface area contributed by atoms with Gasteiger partial charge < -0.3 is 4.57 Å². The van der Waals surface area contributed by atoms with E-state index in [1.165, 1.54) is 60.0 Å². The first-order chi connectivity index (χ1) is 25.8. The number of benzene rings is 8. The standard InChI is InChI=1S/C48H28N4/c1-2-13-32(14-3-1)51-44-28-30(23-24-36(44)38-25-22-29-12-4-5-15-33(29)46(38)51)31-26-39-34-16-6-7-18-37(34)45-48(50-42-20-10-9-19-41(42)49-45)52-43-21-11-8-17-35(43)40(27-31)47(39)52/h1-28H. The average molecular weight is 661 g/mol. The molecule has 0 fully saturated rings. The molecule has 3 aromatic heterocycles. The van der Waals surface area contributed by atoms with Gasteiger partial charge in [0.25, 0.3) is 0 Å². The van der Waals surface area contributed by atoms with E-state index in [-0.39, 0.29) is 0 Å². The first kappa shape index (κ1) is 27.7. The molecule has 0 N–H and O–H groups in total. The van der Waals surface area contributed by atoms with Crippen molar-refractivity contribution in [1.82, 2.24) is 19.1 Å².